The van der Waals surface area contributed by atoms with Crippen LogP contribution in [0.3, 0.4) is 0 Å². The van der Waals surface area contributed by atoms with Crippen molar-refractivity contribution in [1.82, 2.24) is 9.97 Å². The molecule has 2 rings (SSSR count). The van der Waals surface area contributed by atoms with Crippen LogP contribution in [0.15, 0.2) is 12.1 Å². The predicted molar refractivity (Wildman–Crippen MR) is 51.1 cm³/mol. The number of H-pyrrole nitrogens is 1. The number of methoxy groups -OCH3 is 1. The van der Waals surface area contributed by atoms with Gasteiger partial charge in [0.1, 0.15) is 11.3 Å². The minimum Gasteiger partial charge on any atom is -0.468 e. The van der Waals surface area contributed by atoms with Gasteiger partial charge in [0.25, 0.3) is 11.9 Å². The molecule has 1 amide bonds. The maximum absolute atomic E-state index is 13.1. The summed E-state index contributed by atoms with van der Waals surface area (Å²) in [6.07, 6.45) is 0. The average Bonchev–Trinajstić information content (AvgIpc) is 2.58. The lowest BCUT2D eigenvalue weighted by molar-refractivity contribution is 0.100. The van der Waals surface area contributed by atoms with Crippen molar-refractivity contribution in [3.63, 3.8) is 0 Å². The second kappa shape index (κ2) is 3.23. The first-order valence-electron chi connectivity index (χ1n) is 4.15. The second-order valence-electron chi connectivity index (χ2n) is 2.96. The fourth-order valence-corrected chi connectivity index (χ4v) is 1.34. The number of halogens is 1. The van der Waals surface area contributed by atoms with Gasteiger partial charge in [-0.15, -0.1) is 0 Å². The number of nitrogens with one attached hydrogen (secondary N) is 1. The molecule has 0 bridgehead atoms. The Balaban J connectivity index is 2.77. The molecule has 0 aliphatic heterocycles. The van der Waals surface area contributed by atoms with E-state index in [0.29, 0.717) is 11.0 Å². The highest BCUT2D eigenvalue weighted by atomic mass is 19.1. The highest BCUT2D eigenvalue weighted by Crippen LogP contribution is 2.20. The van der Waals surface area contributed by atoms with Gasteiger partial charge in [0, 0.05) is 0 Å². The van der Waals surface area contributed by atoms with Crippen LogP contribution in [0.4, 0.5) is 4.39 Å². The molecule has 1 aromatic carbocycles. The number of amides is 1. The summed E-state index contributed by atoms with van der Waals surface area (Å²) in [7, 11) is 1.41. The van der Waals surface area contributed by atoms with Crippen LogP contribution < -0.4 is 10.5 Å². The van der Waals surface area contributed by atoms with Gasteiger partial charge in [-0.3, -0.25) is 4.79 Å². The highest BCUT2D eigenvalue weighted by Gasteiger charge is 2.13. The van der Waals surface area contributed by atoms with E-state index >= 15 is 0 Å². The van der Waals surface area contributed by atoms with Crippen molar-refractivity contribution in [3.05, 3.63) is 23.5 Å². The number of hydrogen-bond acceptors (Lipinski definition) is 3. The Morgan fingerprint density at radius 3 is 2.93 bits per heavy atom. The molecule has 2 aromatic rings. The lowest BCUT2D eigenvalue weighted by Crippen LogP contribution is -2.11. The molecule has 0 atom stereocenters. The number of aromatic amines is 1. The van der Waals surface area contributed by atoms with Crippen molar-refractivity contribution in [2.24, 2.45) is 5.73 Å². The van der Waals surface area contributed by atoms with Crippen molar-refractivity contribution >= 4 is 16.9 Å². The fraction of sp³-hybridized carbons (Fsp3) is 0.111. The third kappa shape index (κ3) is 1.50. The van der Waals surface area contributed by atoms with E-state index in [-0.39, 0.29) is 11.6 Å². The van der Waals surface area contributed by atoms with Crippen LogP contribution in [-0.2, 0) is 0 Å². The summed E-state index contributed by atoms with van der Waals surface area (Å²) < 4.78 is 17.9. The normalized spacial score (nSPS) is 10.5. The number of nitrogens with zero attached hydrogens (tertiary/aromatic N) is 1. The molecule has 0 aliphatic carbocycles. The lowest BCUT2D eigenvalue weighted by atomic mass is 10.1. The molecule has 0 fully saturated rings. The molecule has 0 saturated heterocycles. The molecule has 0 aliphatic rings. The number of aromatic nitrogens is 2. The Hall–Kier alpha value is -2.11. The largest absolute Gasteiger partial charge is 0.468 e. The molecule has 3 N–H and O–H groups in total. The van der Waals surface area contributed by atoms with E-state index in [9.17, 15) is 9.18 Å². The molecule has 0 saturated carbocycles. The zero-order valence-corrected chi connectivity index (χ0v) is 7.87. The summed E-state index contributed by atoms with van der Waals surface area (Å²) in [5.74, 6) is -1.28. The van der Waals surface area contributed by atoms with Crippen molar-refractivity contribution in [1.29, 1.82) is 0 Å². The Morgan fingerprint density at radius 1 is 1.60 bits per heavy atom. The summed E-state index contributed by atoms with van der Waals surface area (Å²) in [5, 5.41) is 0. The van der Waals surface area contributed by atoms with E-state index in [0.717, 1.165) is 6.07 Å². The van der Waals surface area contributed by atoms with Gasteiger partial charge < -0.3 is 15.5 Å². The van der Waals surface area contributed by atoms with Gasteiger partial charge in [-0.05, 0) is 12.1 Å². The number of ether oxygens (including phenoxy) is 1. The lowest BCUT2D eigenvalue weighted by Gasteiger charge is -1.96. The van der Waals surface area contributed by atoms with E-state index in [1.807, 2.05) is 0 Å². The Bertz CT molecular complexity index is 535. The number of fused-ring (bicyclic) bond motifs is 1. The van der Waals surface area contributed by atoms with Gasteiger partial charge in [0.2, 0.25) is 0 Å². The number of primary amides is 1. The minimum atomic E-state index is -0.728. The van der Waals surface area contributed by atoms with E-state index in [2.05, 4.69) is 9.97 Å². The molecular weight excluding hydrogens is 201 g/mol. The van der Waals surface area contributed by atoms with Gasteiger partial charge >= 0.3 is 0 Å². The molecule has 0 spiro atoms. The number of hydrogen-bond donors (Lipinski definition) is 2. The molecule has 6 heteroatoms. The van der Waals surface area contributed by atoms with Crippen LogP contribution in [-0.4, -0.2) is 23.0 Å². The summed E-state index contributed by atoms with van der Waals surface area (Å²) in [6, 6.07) is 2.47. The third-order valence-corrected chi connectivity index (χ3v) is 1.99. The first-order chi connectivity index (χ1) is 7.11. The summed E-state index contributed by atoms with van der Waals surface area (Å²) >= 11 is 0. The van der Waals surface area contributed by atoms with Crippen molar-refractivity contribution in [2.45, 2.75) is 0 Å². The quantitative estimate of drug-likeness (QED) is 0.767. The van der Waals surface area contributed by atoms with Crippen molar-refractivity contribution in [3.8, 4) is 6.01 Å². The zero-order chi connectivity index (χ0) is 11.0. The molecule has 15 heavy (non-hydrogen) atoms. The number of benzene rings is 1. The summed E-state index contributed by atoms with van der Waals surface area (Å²) in [6.45, 7) is 0. The Morgan fingerprint density at radius 2 is 2.33 bits per heavy atom. The molecule has 1 heterocycles. The standard InChI is InChI=1S/C9H8FN3O2/c1-15-9-12-6-3-4(10)2-5(8(11)14)7(6)13-9/h2-3H,1H3,(H2,11,14)(H,12,13). The summed E-state index contributed by atoms with van der Waals surface area (Å²) in [4.78, 5) is 17.7. The molecule has 78 valence electrons. The van der Waals surface area contributed by atoms with Gasteiger partial charge in [0.15, 0.2) is 0 Å². The van der Waals surface area contributed by atoms with Crippen LogP contribution in [0, 0.1) is 5.82 Å². The molecular formula is C9H8FN3O2. The number of imidazole rings is 1. The van der Waals surface area contributed by atoms with E-state index in [1.165, 1.54) is 13.2 Å². The van der Waals surface area contributed by atoms with Gasteiger partial charge in [0.05, 0.1) is 18.2 Å². The SMILES string of the molecule is COc1nc2c(C(N)=O)cc(F)cc2[nH]1. The van der Waals surface area contributed by atoms with E-state index in [4.69, 9.17) is 10.5 Å². The minimum absolute atomic E-state index is 0.0320. The maximum Gasteiger partial charge on any atom is 0.294 e. The Labute approximate surface area is 84.1 Å². The van der Waals surface area contributed by atoms with Crippen LogP contribution >= 0.6 is 0 Å². The van der Waals surface area contributed by atoms with Crippen LogP contribution in [0.5, 0.6) is 6.01 Å². The van der Waals surface area contributed by atoms with Crippen LogP contribution in [0.1, 0.15) is 10.4 Å². The van der Waals surface area contributed by atoms with E-state index in [1.54, 1.807) is 0 Å². The maximum atomic E-state index is 13.1. The third-order valence-electron chi connectivity index (χ3n) is 1.99. The molecule has 0 radical (unpaired) electrons. The first-order valence-corrected chi connectivity index (χ1v) is 4.15. The number of rotatable bonds is 2. The Kier molecular flexibility index (Phi) is 2.03. The molecule has 5 nitrogen and oxygen atoms in total. The average molecular weight is 209 g/mol. The number of carbonyl (C=O) groups is 1. The van der Waals surface area contributed by atoms with Crippen LogP contribution in [0.25, 0.3) is 11.0 Å². The second-order valence-corrected chi connectivity index (χ2v) is 2.96. The number of carbonyl (C=O) groups excluding carboxylic acids is 1. The highest BCUT2D eigenvalue weighted by molar-refractivity contribution is 6.04. The van der Waals surface area contributed by atoms with Crippen LogP contribution in [0.2, 0.25) is 0 Å². The summed E-state index contributed by atoms with van der Waals surface area (Å²) in [5.41, 5.74) is 5.81. The first kappa shape index (κ1) is 9.45. The van der Waals surface area contributed by atoms with Crippen molar-refractivity contribution < 1.29 is 13.9 Å². The topological polar surface area (TPSA) is 81.0 Å². The molecule has 0 unspecified atom stereocenters. The zero-order valence-electron chi connectivity index (χ0n) is 7.87. The number of nitrogens with two attached hydrogens (primary N) is 1. The monoisotopic (exact) mass is 209 g/mol. The molecule has 1 aromatic heterocycles. The van der Waals surface area contributed by atoms with E-state index < -0.39 is 11.7 Å². The predicted octanol–water partition coefficient (Wildman–Crippen LogP) is 0.810. The van der Waals surface area contributed by atoms with Crippen molar-refractivity contribution in [2.75, 3.05) is 7.11 Å². The fourth-order valence-electron chi connectivity index (χ4n) is 1.34. The van der Waals surface area contributed by atoms with Gasteiger partial charge in [-0.2, -0.15) is 4.98 Å². The van der Waals surface area contributed by atoms with Gasteiger partial charge in [-0.1, -0.05) is 0 Å². The smallest absolute Gasteiger partial charge is 0.294 e. The van der Waals surface area contributed by atoms with Gasteiger partial charge in [-0.25, -0.2) is 4.39 Å².